The molecule has 0 amide bonds. The molecule has 19 heavy (non-hydrogen) atoms. The van der Waals surface area contributed by atoms with Gasteiger partial charge in [-0.1, -0.05) is 0 Å². The van der Waals surface area contributed by atoms with E-state index < -0.39 is 0 Å². The van der Waals surface area contributed by atoms with E-state index in [-0.39, 0.29) is 12.0 Å². The number of likely N-dealkylation sites (tertiary alicyclic amines) is 1. The molecule has 2 heterocycles. The lowest BCUT2D eigenvalue weighted by Crippen LogP contribution is -2.40. The highest BCUT2D eigenvalue weighted by molar-refractivity contribution is 5.85. The molecule has 0 bridgehead atoms. The summed E-state index contributed by atoms with van der Waals surface area (Å²) in [5.74, 6) is 1.06. The van der Waals surface area contributed by atoms with Gasteiger partial charge in [0.25, 0.3) is 0 Å². The zero-order valence-corrected chi connectivity index (χ0v) is 11.4. The number of aromatic nitrogens is 1. The molecule has 0 unspecified atom stereocenters. The third-order valence-electron chi connectivity index (χ3n) is 4.11. The molecule has 4 nitrogen and oxygen atoms in total. The SMILES string of the molecule is COc1ccc2[nH]cc([C@H]3CCN(C)C[C@@H]3O)c2c1. The molecule has 1 aromatic carbocycles. The second-order valence-electron chi connectivity index (χ2n) is 5.38. The molecule has 2 atom stereocenters. The van der Waals surface area contributed by atoms with Crippen LogP contribution in [-0.4, -0.2) is 48.3 Å². The topological polar surface area (TPSA) is 48.5 Å². The number of fused-ring (bicyclic) bond motifs is 1. The first-order chi connectivity index (χ1) is 9.19. The largest absolute Gasteiger partial charge is 0.497 e. The Morgan fingerprint density at radius 1 is 1.42 bits per heavy atom. The van der Waals surface area contributed by atoms with E-state index in [1.807, 2.05) is 24.4 Å². The number of benzene rings is 1. The summed E-state index contributed by atoms with van der Waals surface area (Å²) in [4.78, 5) is 5.47. The molecule has 1 saturated heterocycles. The molecule has 2 aromatic rings. The van der Waals surface area contributed by atoms with E-state index in [2.05, 4.69) is 16.9 Å². The van der Waals surface area contributed by atoms with Crippen LogP contribution in [0.15, 0.2) is 24.4 Å². The Balaban J connectivity index is 2.00. The van der Waals surface area contributed by atoms with Crippen LogP contribution >= 0.6 is 0 Å². The first-order valence-electron chi connectivity index (χ1n) is 6.70. The van der Waals surface area contributed by atoms with Crippen molar-refractivity contribution in [2.75, 3.05) is 27.2 Å². The number of hydrogen-bond acceptors (Lipinski definition) is 3. The third-order valence-corrected chi connectivity index (χ3v) is 4.11. The van der Waals surface area contributed by atoms with Crippen molar-refractivity contribution in [2.45, 2.75) is 18.4 Å². The van der Waals surface area contributed by atoms with Crippen LogP contribution in [0.3, 0.4) is 0 Å². The lowest BCUT2D eigenvalue weighted by Gasteiger charge is -2.33. The van der Waals surface area contributed by atoms with Crippen molar-refractivity contribution in [3.63, 3.8) is 0 Å². The molecule has 102 valence electrons. The fraction of sp³-hybridized carbons (Fsp3) is 0.467. The zero-order chi connectivity index (χ0) is 13.4. The third kappa shape index (κ3) is 2.22. The fourth-order valence-corrected chi connectivity index (χ4v) is 3.01. The Kier molecular flexibility index (Phi) is 3.21. The van der Waals surface area contributed by atoms with Crippen molar-refractivity contribution < 1.29 is 9.84 Å². The summed E-state index contributed by atoms with van der Waals surface area (Å²) in [7, 11) is 3.73. The van der Waals surface area contributed by atoms with Gasteiger partial charge in [-0.05, 0) is 43.8 Å². The number of β-amino-alcohol motifs (C(OH)–C–C–N with tert-alkyl or cyclic N) is 1. The van der Waals surface area contributed by atoms with Crippen molar-refractivity contribution in [2.24, 2.45) is 0 Å². The molecule has 3 rings (SSSR count). The van der Waals surface area contributed by atoms with Gasteiger partial charge in [0, 0.05) is 29.6 Å². The minimum Gasteiger partial charge on any atom is -0.497 e. The van der Waals surface area contributed by atoms with Gasteiger partial charge in [0.15, 0.2) is 0 Å². The van der Waals surface area contributed by atoms with Crippen molar-refractivity contribution in [1.29, 1.82) is 0 Å². The first-order valence-corrected chi connectivity index (χ1v) is 6.70. The summed E-state index contributed by atoms with van der Waals surface area (Å²) in [6, 6.07) is 6.03. The molecule has 2 N–H and O–H groups in total. The van der Waals surface area contributed by atoms with Crippen LogP contribution in [0.25, 0.3) is 10.9 Å². The number of nitrogens with zero attached hydrogens (tertiary/aromatic N) is 1. The van der Waals surface area contributed by atoms with Crippen molar-refractivity contribution in [3.8, 4) is 5.75 Å². The van der Waals surface area contributed by atoms with Crippen LogP contribution in [0.1, 0.15) is 17.9 Å². The van der Waals surface area contributed by atoms with Crippen molar-refractivity contribution in [3.05, 3.63) is 30.0 Å². The number of likely N-dealkylation sites (N-methyl/N-ethyl adjacent to an activating group) is 1. The molecule has 0 spiro atoms. The number of H-pyrrole nitrogens is 1. The van der Waals surface area contributed by atoms with E-state index in [1.165, 1.54) is 5.56 Å². The average molecular weight is 260 g/mol. The Bertz CT molecular complexity index is 579. The van der Waals surface area contributed by atoms with E-state index in [0.717, 1.165) is 36.2 Å². The second kappa shape index (κ2) is 4.87. The second-order valence-corrected chi connectivity index (χ2v) is 5.38. The highest BCUT2D eigenvalue weighted by Gasteiger charge is 2.29. The lowest BCUT2D eigenvalue weighted by molar-refractivity contribution is 0.0642. The molecule has 1 fully saturated rings. The summed E-state index contributed by atoms with van der Waals surface area (Å²) in [5.41, 5.74) is 2.30. The Hall–Kier alpha value is -1.52. The number of aliphatic hydroxyl groups is 1. The molecule has 4 heteroatoms. The zero-order valence-electron chi connectivity index (χ0n) is 11.4. The smallest absolute Gasteiger partial charge is 0.119 e. The lowest BCUT2D eigenvalue weighted by atomic mass is 9.87. The van der Waals surface area contributed by atoms with Gasteiger partial charge >= 0.3 is 0 Å². The molecule has 1 aromatic heterocycles. The number of aliphatic hydroxyl groups excluding tert-OH is 1. The minimum atomic E-state index is -0.302. The van der Waals surface area contributed by atoms with Gasteiger partial charge < -0.3 is 19.7 Å². The molecule has 1 aliphatic heterocycles. The van der Waals surface area contributed by atoms with Crippen molar-refractivity contribution >= 4 is 10.9 Å². The average Bonchev–Trinajstić information content (AvgIpc) is 2.81. The van der Waals surface area contributed by atoms with E-state index in [4.69, 9.17) is 4.74 Å². The number of piperidine rings is 1. The molecular weight excluding hydrogens is 240 g/mol. The van der Waals surface area contributed by atoms with E-state index in [0.29, 0.717) is 0 Å². The Morgan fingerprint density at radius 2 is 2.26 bits per heavy atom. The number of rotatable bonds is 2. The van der Waals surface area contributed by atoms with E-state index >= 15 is 0 Å². The molecule has 0 aliphatic carbocycles. The highest BCUT2D eigenvalue weighted by Crippen LogP contribution is 2.34. The highest BCUT2D eigenvalue weighted by atomic mass is 16.5. The maximum absolute atomic E-state index is 10.3. The predicted molar refractivity (Wildman–Crippen MR) is 75.7 cm³/mol. The van der Waals surface area contributed by atoms with Crippen LogP contribution in [0.4, 0.5) is 0 Å². The predicted octanol–water partition coefficient (Wildman–Crippen LogP) is 1.96. The Labute approximate surface area is 113 Å². The quantitative estimate of drug-likeness (QED) is 0.867. The number of aromatic amines is 1. The number of ether oxygens (including phenoxy) is 1. The fourth-order valence-electron chi connectivity index (χ4n) is 3.01. The normalized spacial score (nSPS) is 24.8. The van der Waals surface area contributed by atoms with Gasteiger partial charge in [-0.15, -0.1) is 0 Å². The summed E-state index contributed by atoms with van der Waals surface area (Å²) in [6.45, 7) is 1.76. The van der Waals surface area contributed by atoms with Crippen LogP contribution in [0, 0.1) is 0 Å². The summed E-state index contributed by atoms with van der Waals surface area (Å²) < 4.78 is 5.29. The molecule has 1 aliphatic rings. The van der Waals surface area contributed by atoms with E-state index in [9.17, 15) is 5.11 Å². The van der Waals surface area contributed by atoms with Crippen LogP contribution in [0.5, 0.6) is 5.75 Å². The van der Waals surface area contributed by atoms with Gasteiger partial charge in [-0.2, -0.15) is 0 Å². The summed E-state index contributed by atoms with van der Waals surface area (Å²) in [6.07, 6.45) is 2.72. The minimum absolute atomic E-state index is 0.206. The number of nitrogens with one attached hydrogen (secondary N) is 1. The van der Waals surface area contributed by atoms with E-state index in [1.54, 1.807) is 7.11 Å². The Morgan fingerprint density at radius 3 is 3.00 bits per heavy atom. The number of hydrogen-bond donors (Lipinski definition) is 2. The van der Waals surface area contributed by atoms with Gasteiger partial charge in [-0.3, -0.25) is 0 Å². The molecular formula is C15H20N2O2. The van der Waals surface area contributed by atoms with Crippen LogP contribution in [0.2, 0.25) is 0 Å². The van der Waals surface area contributed by atoms with Gasteiger partial charge in [0.05, 0.1) is 13.2 Å². The number of methoxy groups -OCH3 is 1. The van der Waals surface area contributed by atoms with Crippen LogP contribution in [-0.2, 0) is 0 Å². The van der Waals surface area contributed by atoms with Crippen molar-refractivity contribution in [1.82, 2.24) is 9.88 Å². The summed E-state index contributed by atoms with van der Waals surface area (Å²) >= 11 is 0. The van der Waals surface area contributed by atoms with Crippen LogP contribution < -0.4 is 4.74 Å². The summed E-state index contributed by atoms with van der Waals surface area (Å²) in [5, 5.41) is 11.5. The maximum Gasteiger partial charge on any atom is 0.119 e. The van der Waals surface area contributed by atoms with Gasteiger partial charge in [0.2, 0.25) is 0 Å². The standard InChI is InChI=1S/C15H20N2O2/c1-17-6-5-11(15(18)9-17)13-8-16-14-4-3-10(19-2)7-12(13)14/h3-4,7-8,11,15-16,18H,5-6,9H2,1-2H3/t11-,15+/m1/s1. The monoisotopic (exact) mass is 260 g/mol. The molecule has 0 saturated carbocycles. The van der Waals surface area contributed by atoms with Gasteiger partial charge in [0.1, 0.15) is 5.75 Å². The van der Waals surface area contributed by atoms with Gasteiger partial charge in [-0.25, -0.2) is 0 Å². The maximum atomic E-state index is 10.3. The first kappa shape index (κ1) is 12.5. The molecule has 0 radical (unpaired) electrons.